The first-order valence-electron chi connectivity index (χ1n) is 5.71. The van der Waals surface area contributed by atoms with Crippen molar-refractivity contribution in [3.8, 4) is 0 Å². The van der Waals surface area contributed by atoms with Crippen LogP contribution in [-0.4, -0.2) is 20.5 Å². The predicted octanol–water partition coefficient (Wildman–Crippen LogP) is 2.27. The second kappa shape index (κ2) is 4.61. The molecule has 0 spiro atoms. The number of carboxylic acids is 1. The van der Waals surface area contributed by atoms with Crippen molar-refractivity contribution in [3.05, 3.63) is 29.3 Å². The maximum absolute atomic E-state index is 12.3. The Morgan fingerprint density at radius 2 is 2.06 bits per heavy atom. The smallest absolute Gasteiger partial charge is 0.319 e. The Morgan fingerprint density at radius 3 is 2.53 bits per heavy atom. The molecule has 0 aliphatic heterocycles. The third-order valence-electron chi connectivity index (χ3n) is 3.07. The molecule has 17 heavy (non-hydrogen) atoms. The Labute approximate surface area is 103 Å². The minimum absolute atomic E-state index is 0.0917. The van der Waals surface area contributed by atoms with E-state index in [-0.39, 0.29) is 5.92 Å². The summed E-state index contributed by atoms with van der Waals surface area (Å²) >= 11 is 0. The van der Waals surface area contributed by atoms with Crippen molar-refractivity contribution in [2.24, 2.45) is 5.92 Å². The molecule has 1 fully saturated rings. The number of carboxylic acid groups (broad SMARTS) is 1. The van der Waals surface area contributed by atoms with E-state index in [0.717, 1.165) is 24.0 Å². The van der Waals surface area contributed by atoms with Crippen molar-refractivity contribution in [1.82, 2.24) is 0 Å². The molecule has 1 aliphatic rings. The fourth-order valence-corrected chi connectivity index (χ4v) is 3.69. The summed E-state index contributed by atoms with van der Waals surface area (Å²) < 4.78 is 12.3. The Hall–Kier alpha value is -1.16. The van der Waals surface area contributed by atoms with Gasteiger partial charge in [-0.2, -0.15) is 0 Å². The molecule has 1 saturated carbocycles. The maximum atomic E-state index is 12.3. The number of hydrogen-bond donors (Lipinski definition) is 1. The molecular weight excluding hydrogens is 236 g/mol. The van der Waals surface area contributed by atoms with Gasteiger partial charge < -0.3 is 5.11 Å². The second-order valence-electron chi connectivity index (χ2n) is 4.66. The fraction of sp³-hybridized carbons (Fsp3) is 0.462. The Morgan fingerprint density at radius 1 is 1.41 bits per heavy atom. The zero-order valence-corrected chi connectivity index (χ0v) is 10.8. The SMILES string of the molecule is Cc1ccc(S(=O)C(C(=O)O)C2CC2)c(C)c1. The lowest BCUT2D eigenvalue weighted by molar-refractivity contribution is -0.136. The van der Waals surface area contributed by atoms with Crippen molar-refractivity contribution in [3.63, 3.8) is 0 Å². The van der Waals surface area contributed by atoms with E-state index in [4.69, 9.17) is 5.11 Å². The van der Waals surface area contributed by atoms with Crippen molar-refractivity contribution < 1.29 is 14.1 Å². The highest BCUT2D eigenvalue weighted by Crippen LogP contribution is 2.37. The summed E-state index contributed by atoms with van der Waals surface area (Å²) in [5.41, 5.74) is 2.01. The number of carbonyl (C=O) groups is 1. The molecule has 1 aromatic carbocycles. The van der Waals surface area contributed by atoms with Gasteiger partial charge >= 0.3 is 5.97 Å². The van der Waals surface area contributed by atoms with E-state index >= 15 is 0 Å². The average molecular weight is 252 g/mol. The molecule has 3 nitrogen and oxygen atoms in total. The number of hydrogen-bond acceptors (Lipinski definition) is 2. The first-order valence-corrected chi connectivity index (χ1v) is 6.92. The molecule has 0 bridgehead atoms. The molecule has 1 aromatic rings. The van der Waals surface area contributed by atoms with Gasteiger partial charge in [-0.15, -0.1) is 0 Å². The highest BCUT2D eigenvalue weighted by atomic mass is 32.2. The van der Waals surface area contributed by atoms with Gasteiger partial charge in [-0.3, -0.25) is 9.00 Å². The molecule has 2 atom stereocenters. The van der Waals surface area contributed by atoms with E-state index in [1.165, 1.54) is 0 Å². The summed E-state index contributed by atoms with van der Waals surface area (Å²) in [4.78, 5) is 11.8. The largest absolute Gasteiger partial charge is 0.480 e. The number of aliphatic carboxylic acids is 1. The normalized spacial score (nSPS) is 18.7. The number of benzene rings is 1. The first-order chi connectivity index (χ1) is 8.00. The van der Waals surface area contributed by atoms with Gasteiger partial charge in [0.05, 0.1) is 10.8 Å². The molecule has 0 saturated heterocycles. The van der Waals surface area contributed by atoms with Crippen LogP contribution >= 0.6 is 0 Å². The summed E-state index contributed by atoms with van der Waals surface area (Å²) in [6.07, 6.45) is 1.77. The highest BCUT2D eigenvalue weighted by Gasteiger charge is 2.41. The zero-order valence-electron chi connectivity index (χ0n) is 9.97. The fourth-order valence-electron chi connectivity index (χ4n) is 2.03. The molecule has 92 valence electrons. The molecule has 2 rings (SSSR count). The number of rotatable bonds is 4. The molecular formula is C13H16O3S. The van der Waals surface area contributed by atoms with Crippen LogP contribution in [-0.2, 0) is 15.6 Å². The van der Waals surface area contributed by atoms with Gasteiger partial charge in [0.15, 0.2) is 0 Å². The summed E-state index contributed by atoms with van der Waals surface area (Å²) in [7, 11) is -1.44. The third kappa shape index (κ3) is 2.57. The molecule has 0 amide bonds. The lowest BCUT2D eigenvalue weighted by atomic mass is 10.2. The van der Waals surface area contributed by atoms with Gasteiger partial charge in [0.2, 0.25) is 0 Å². The summed E-state index contributed by atoms with van der Waals surface area (Å²) in [6.45, 7) is 3.85. The molecule has 0 aromatic heterocycles. The topological polar surface area (TPSA) is 54.4 Å². The maximum Gasteiger partial charge on any atom is 0.319 e. The third-order valence-corrected chi connectivity index (χ3v) is 5.01. The van der Waals surface area contributed by atoms with Crippen LogP contribution in [0.25, 0.3) is 0 Å². The van der Waals surface area contributed by atoms with E-state index in [2.05, 4.69) is 0 Å². The van der Waals surface area contributed by atoms with Crippen LogP contribution in [0.3, 0.4) is 0 Å². The zero-order chi connectivity index (χ0) is 12.6. The summed E-state index contributed by atoms with van der Waals surface area (Å²) in [6, 6.07) is 5.62. The van der Waals surface area contributed by atoms with Crippen molar-refractivity contribution in [2.75, 3.05) is 0 Å². The Balaban J connectivity index is 2.31. The van der Waals surface area contributed by atoms with Gasteiger partial charge in [0.1, 0.15) is 5.25 Å². The quantitative estimate of drug-likeness (QED) is 0.894. The minimum Gasteiger partial charge on any atom is -0.480 e. The van der Waals surface area contributed by atoms with Gasteiger partial charge in [-0.1, -0.05) is 17.7 Å². The van der Waals surface area contributed by atoms with E-state index < -0.39 is 22.0 Å². The Bertz CT molecular complexity index is 478. The summed E-state index contributed by atoms with van der Waals surface area (Å²) in [5, 5.41) is 8.43. The van der Waals surface area contributed by atoms with Crippen LogP contribution in [0.15, 0.2) is 23.1 Å². The molecule has 0 heterocycles. The summed E-state index contributed by atoms with van der Waals surface area (Å²) in [5.74, 6) is -0.847. The molecule has 4 heteroatoms. The highest BCUT2D eigenvalue weighted by molar-refractivity contribution is 7.86. The van der Waals surface area contributed by atoms with Gasteiger partial charge in [-0.25, -0.2) is 0 Å². The van der Waals surface area contributed by atoms with Crippen LogP contribution in [0.4, 0.5) is 0 Å². The van der Waals surface area contributed by atoms with Crippen LogP contribution in [0.5, 0.6) is 0 Å². The van der Waals surface area contributed by atoms with E-state index in [9.17, 15) is 9.00 Å². The molecule has 0 radical (unpaired) electrons. The lowest BCUT2D eigenvalue weighted by Crippen LogP contribution is -2.28. The average Bonchev–Trinajstić information content (AvgIpc) is 3.01. The second-order valence-corrected chi connectivity index (χ2v) is 6.21. The van der Waals surface area contributed by atoms with E-state index in [0.29, 0.717) is 4.90 Å². The lowest BCUT2D eigenvalue weighted by Gasteiger charge is -2.13. The van der Waals surface area contributed by atoms with Crippen LogP contribution < -0.4 is 0 Å². The van der Waals surface area contributed by atoms with Crippen molar-refractivity contribution in [1.29, 1.82) is 0 Å². The van der Waals surface area contributed by atoms with Gasteiger partial charge in [0, 0.05) is 4.90 Å². The first kappa shape index (κ1) is 12.3. The molecule has 1 aliphatic carbocycles. The van der Waals surface area contributed by atoms with Gasteiger partial charge in [-0.05, 0) is 44.2 Å². The number of aryl methyl sites for hydroxylation is 2. The van der Waals surface area contributed by atoms with Crippen LogP contribution in [0.1, 0.15) is 24.0 Å². The minimum atomic E-state index is -1.44. The monoisotopic (exact) mass is 252 g/mol. The predicted molar refractivity (Wildman–Crippen MR) is 66.5 cm³/mol. The standard InChI is InChI=1S/C13H16O3S/c1-8-3-6-11(9(2)7-8)17(16)12(13(14)15)10-4-5-10/h3,6-7,10,12H,4-5H2,1-2H3,(H,14,15). The van der Waals surface area contributed by atoms with Crippen molar-refractivity contribution in [2.45, 2.75) is 36.8 Å². The van der Waals surface area contributed by atoms with E-state index in [1.54, 1.807) is 6.07 Å². The van der Waals surface area contributed by atoms with Crippen LogP contribution in [0, 0.1) is 19.8 Å². The van der Waals surface area contributed by atoms with Crippen molar-refractivity contribution >= 4 is 16.8 Å². The molecule has 1 N–H and O–H groups in total. The Kier molecular flexibility index (Phi) is 3.33. The van der Waals surface area contributed by atoms with Crippen LogP contribution in [0.2, 0.25) is 0 Å². The molecule has 2 unspecified atom stereocenters. The van der Waals surface area contributed by atoms with E-state index in [1.807, 2.05) is 26.0 Å². The van der Waals surface area contributed by atoms with Gasteiger partial charge in [0.25, 0.3) is 0 Å².